The Morgan fingerprint density at radius 2 is 1.93 bits per heavy atom. The van der Waals surface area contributed by atoms with E-state index < -0.39 is 17.7 Å². The van der Waals surface area contributed by atoms with Crippen molar-refractivity contribution in [3.05, 3.63) is 101 Å². The molecule has 2 aliphatic rings. The number of rotatable bonds is 10. The number of carbonyl (C=O) groups is 2. The molecule has 0 spiro atoms. The summed E-state index contributed by atoms with van der Waals surface area (Å²) >= 11 is 2.75. The second-order valence-electron chi connectivity index (χ2n) is 10.5. The average Bonchev–Trinajstić information content (AvgIpc) is 3.71. The van der Waals surface area contributed by atoms with Gasteiger partial charge in [-0.1, -0.05) is 78.9 Å². The molecule has 8 nitrogen and oxygen atoms in total. The Balaban J connectivity index is 1.39. The van der Waals surface area contributed by atoms with Gasteiger partial charge in [-0.2, -0.15) is 0 Å². The second kappa shape index (κ2) is 12.6. The summed E-state index contributed by atoms with van der Waals surface area (Å²) in [4.78, 5) is 28.7. The molecule has 10 heteroatoms. The van der Waals surface area contributed by atoms with Crippen LogP contribution in [0.1, 0.15) is 55.0 Å². The fraction of sp³-hybridized carbons (Fsp3) is 0.273. The smallest absolute Gasteiger partial charge is 0.301 e. The lowest BCUT2D eigenvalue weighted by Crippen LogP contribution is -2.29. The van der Waals surface area contributed by atoms with Gasteiger partial charge in [0.05, 0.1) is 18.2 Å². The van der Waals surface area contributed by atoms with Crippen LogP contribution < -0.4 is 14.4 Å². The summed E-state index contributed by atoms with van der Waals surface area (Å²) in [5, 5.41) is 20.6. The van der Waals surface area contributed by atoms with Crippen molar-refractivity contribution < 1.29 is 24.2 Å². The fourth-order valence-electron chi connectivity index (χ4n) is 5.26. The topological polar surface area (TPSA) is 102 Å². The van der Waals surface area contributed by atoms with E-state index in [0.717, 1.165) is 29.7 Å². The van der Waals surface area contributed by atoms with Gasteiger partial charge in [-0.15, -0.1) is 10.2 Å². The van der Waals surface area contributed by atoms with E-state index >= 15 is 0 Å². The summed E-state index contributed by atoms with van der Waals surface area (Å²) in [5.41, 5.74) is 3.15. The highest BCUT2D eigenvalue weighted by Gasteiger charge is 2.48. The molecular weight excluding hydrogens is 583 g/mol. The molecule has 4 aromatic rings. The van der Waals surface area contributed by atoms with Gasteiger partial charge in [0, 0.05) is 17.7 Å². The average molecular weight is 614 g/mol. The van der Waals surface area contributed by atoms with E-state index in [1.807, 2.05) is 67.6 Å². The van der Waals surface area contributed by atoms with Gasteiger partial charge in [0.15, 0.2) is 4.34 Å². The molecule has 1 amide bonds. The van der Waals surface area contributed by atoms with Crippen molar-refractivity contribution in [1.82, 2.24) is 10.2 Å². The van der Waals surface area contributed by atoms with Crippen molar-refractivity contribution >= 4 is 45.7 Å². The molecular formula is C33H31N3O5S2. The van der Waals surface area contributed by atoms with Gasteiger partial charge in [-0.05, 0) is 60.4 Å². The van der Waals surface area contributed by atoms with Crippen LogP contribution in [-0.2, 0) is 21.8 Å². The summed E-state index contributed by atoms with van der Waals surface area (Å²) in [6.07, 6.45) is 2.61. The minimum Gasteiger partial charge on any atom is -0.507 e. The number of carbonyl (C=O) groups excluding carboxylic acids is 2. The monoisotopic (exact) mass is 613 g/mol. The van der Waals surface area contributed by atoms with E-state index in [1.54, 1.807) is 12.1 Å². The molecule has 0 saturated carbocycles. The first-order chi connectivity index (χ1) is 20.9. The number of ketones is 1. The molecule has 2 atom stereocenters. The summed E-state index contributed by atoms with van der Waals surface area (Å²) in [6.45, 7) is 4.62. The molecule has 43 heavy (non-hydrogen) atoms. The van der Waals surface area contributed by atoms with Crippen LogP contribution in [0.2, 0.25) is 0 Å². The molecule has 1 aromatic heterocycles. The van der Waals surface area contributed by atoms with Crippen molar-refractivity contribution in [3.8, 4) is 11.5 Å². The third kappa shape index (κ3) is 6.03. The van der Waals surface area contributed by atoms with Crippen LogP contribution in [0.4, 0.5) is 5.13 Å². The van der Waals surface area contributed by atoms with Crippen molar-refractivity contribution in [2.45, 2.75) is 55.3 Å². The summed E-state index contributed by atoms with van der Waals surface area (Å²) in [7, 11) is 0. The lowest BCUT2D eigenvalue weighted by atomic mass is 9.94. The summed E-state index contributed by atoms with van der Waals surface area (Å²) < 4.78 is 12.4. The Morgan fingerprint density at radius 1 is 1.09 bits per heavy atom. The zero-order chi connectivity index (χ0) is 29.9. The molecule has 3 aromatic carbocycles. The number of amides is 1. The first kappa shape index (κ1) is 28.9. The Hall–Kier alpha value is -4.15. The quantitative estimate of drug-likeness (QED) is 0.0512. The molecule has 3 heterocycles. The normalized spacial score (nSPS) is 19.0. The summed E-state index contributed by atoms with van der Waals surface area (Å²) in [5.74, 6) is 0.282. The minimum absolute atomic E-state index is 0.00342. The van der Waals surface area contributed by atoms with Crippen molar-refractivity contribution in [2.75, 3.05) is 11.5 Å². The largest absolute Gasteiger partial charge is 0.507 e. The number of nitrogens with zero attached hydrogens (tertiary/aromatic N) is 3. The molecule has 0 bridgehead atoms. The zero-order valence-corrected chi connectivity index (χ0v) is 25.5. The van der Waals surface area contributed by atoms with E-state index in [2.05, 4.69) is 17.1 Å². The van der Waals surface area contributed by atoms with Gasteiger partial charge in [0.1, 0.15) is 23.4 Å². The molecule has 0 radical (unpaired) electrons. The van der Waals surface area contributed by atoms with Gasteiger partial charge < -0.3 is 14.6 Å². The van der Waals surface area contributed by atoms with E-state index in [0.29, 0.717) is 40.0 Å². The van der Waals surface area contributed by atoms with Crippen LogP contribution in [0, 0.1) is 0 Å². The third-order valence-electron chi connectivity index (χ3n) is 7.36. The van der Waals surface area contributed by atoms with E-state index in [1.165, 1.54) is 28.0 Å². The van der Waals surface area contributed by atoms with Crippen LogP contribution in [-0.4, -0.2) is 39.7 Å². The number of fused-ring (bicyclic) bond motifs is 1. The molecule has 6 rings (SSSR count). The number of hydrogen-bond acceptors (Lipinski definition) is 9. The van der Waals surface area contributed by atoms with Crippen LogP contribution in [0.25, 0.3) is 5.76 Å². The molecule has 1 saturated heterocycles. The Labute approximate surface area is 258 Å². The molecule has 0 unspecified atom stereocenters. The SMILES string of the molecule is CCCCOc1cccc([C@H]2C(=C(O)c3ccc4c(c3)C[C@H](C)O4)C(=O)C(=O)N2c2nnc(SCc3ccccc3)s2)c1. The number of benzene rings is 3. The number of ether oxygens (including phenoxy) is 2. The van der Waals surface area contributed by atoms with E-state index in [9.17, 15) is 14.7 Å². The van der Waals surface area contributed by atoms with Crippen molar-refractivity contribution in [2.24, 2.45) is 0 Å². The van der Waals surface area contributed by atoms with Gasteiger partial charge in [-0.25, -0.2) is 0 Å². The zero-order valence-electron chi connectivity index (χ0n) is 23.9. The maximum Gasteiger partial charge on any atom is 0.301 e. The first-order valence-electron chi connectivity index (χ1n) is 14.3. The highest BCUT2D eigenvalue weighted by atomic mass is 32.2. The first-order valence-corrected chi connectivity index (χ1v) is 16.1. The minimum atomic E-state index is -0.918. The second-order valence-corrected chi connectivity index (χ2v) is 12.7. The van der Waals surface area contributed by atoms with Crippen LogP contribution in [0.5, 0.6) is 11.5 Å². The lowest BCUT2D eigenvalue weighted by molar-refractivity contribution is -0.132. The maximum absolute atomic E-state index is 13.7. The highest BCUT2D eigenvalue weighted by Crippen LogP contribution is 2.45. The van der Waals surface area contributed by atoms with Crippen molar-refractivity contribution in [1.29, 1.82) is 0 Å². The van der Waals surface area contributed by atoms with E-state index in [4.69, 9.17) is 9.47 Å². The Morgan fingerprint density at radius 3 is 2.74 bits per heavy atom. The van der Waals surface area contributed by atoms with Gasteiger partial charge in [0.25, 0.3) is 5.78 Å². The molecule has 0 aliphatic carbocycles. The van der Waals surface area contributed by atoms with Gasteiger partial charge >= 0.3 is 5.91 Å². The van der Waals surface area contributed by atoms with E-state index in [-0.39, 0.29) is 22.6 Å². The number of aromatic nitrogens is 2. The standard InChI is InChI=1S/C33H31N3O5S2/c1-3-4-15-40-25-12-8-11-22(18-25)28-27(29(37)23-13-14-26-24(17-23)16-20(2)41-26)30(38)31(39)36(28)32-34-35-33(43-32)42-19-21-9-6-5-7-10-21/h5-14,17-18,20,28,37H,3-4,15-16,19H2,1-2H3/t20-,28-/m0/s1. The Kier molecular flexibility index (Phi) is 8.49. The molecule has 1 fully saturated rings. The highest BCUT2D eigenvalue weighted by molar-refractivity contribution is 8.00. The number of aliphatic hydroxyl groups excluding tert-OH is 1. The number of anilines is 1. The summed E-state index contributed by atoms with van der Waals surface area (Å²) in [6, 6.07) is 21.7. The number of aliphatic hydroxyl groups is 1. The number of thioether (sulfide) groups is 1. The molecule has 220 valence electrons. The third-order valence-corrected chi connectivity index (χ3v) is 9.49. The van der Waals surface area contributed by atoms with Crippen LogP contribution in [0.3, 0.4) is 0 Å². The predicted molar refractivity (Wildman–Crippen MR) is 168 cm³/mol. The molecule has 1 N–H and O–H groups in total. The predicted octanol–water partition coefficient (Wildman–Crippen LogP) is 6.96. The maximum atomic E-state index is 13.7. The number of Topliss-reactive ketones (excluding diaryl/α,β-unsaturated/α-hetero) is 1. The van der Waals surface area contributed by atoms with Gasteiger partial charge in [0.2, 0.25) is 5.13 Å². The fourth-order valence-corrected chi connectivity index (χ4v) is 7.08. The molecule has 2 aliphatic heterocycles. The number of unbranched alkanes of at least 4 members (excludes halogenated alkanes) is 1. The van der Waals surface area contributed by atoms with Crippen molar-refractivity contribution in [3.63, 3.8) is 0 Å². The lowest BCUT2D eigenvalue weighted by Gasteiger charge is -2.23. The van der Waals surface area contributed by atoms with Crippen LogP contribution in [0.15, 0.2) is 82.7 Å². The van der Waals surface area contributed by atoms with Crippen LogP contribution >= 0.6 is 23.1 Å². The Bertz CT molecular complexity index is 1690. The number of hydrogen-bond donors (Lipinski definition) is 1. The van der Waals surface area contributed by atoms with Gasteiger partial charge in [-0.3, -0.25) is 14.5 Å².